The lowest BCUT2D eigenvalue weighted by Gasteiger charge is -2.10. The van der Waals surface area contributed by atoms with Crippen LogP contribution in [0.2, 0.25) is 0 Å². The number of aromatic nitrogens is 3. The summed E-state index contributed by atoms with van der Waals surface area (Å²) in [5.41, 5.74) is 2.89. The fraction of sp³-hybridized carbons (Fsp3) is 0.250. The van der Waals surface area contributed by atoms with Crippen LogP contribution in [0, 0.1) is 6.92 Å². The maximum Gasteiger partial charge on any atom is 0.273 e. The number of nitrogens with zero attached hydrogens (tertiary/aromatic N) is 4. The molecule has 0 radical (unpaired) electrons. The summed E-state index contributed by atoms with van der Waals surface area (Å²) in [5, 5.41) is 0. The lowest BCUT2D eigenvalue weighted by Crippen LogP contribution is -2.22. The highest BCUT2D eigenvalue weighted by Gasteiger charge is 2.18. The normalized spacial score (nSPS) is 10.8. The van der Waals surface area contributed by atoms with E-state index in [2.05, 4.69) is 4.98 Å². The van der Waals surface area contributed by atoms with E-state index in [1.807, 2.05) is 41.0 Å². The van der Waals surface area contributed by atoms with Crippen LogP contribution in [0.25, 0.3) is 11.4 Å². The molecule has 0 aliphatic rings. The van der Waals surface area contributed by atoms with Crippen molar-refractivity contribution >= 4 is 5.91 Å². The molecule has 2 heterocycles. The van der Waals surface area contributed by atoms with Gasteiger partial charge in [0.15, 0.2) is 0 Å². The Morgan fingerprint density at radius 2 is 1.85 bits per heavy atom. The average molecular weight is 350 g/mol. The zero-order chi connectivity index (χ0) is 18.8. The van der Waals surface area contributed by atoms with E-state index in [1.54, 1.807) is 45.0 Å². The number of pyridine rings is 1. The van der Waals surface area contributed by atoms with Gasteiger partial charge in [0.25, 0.3) is 11.5 Å². The molecule has 0 N–H and O–H groups in total. The molecule has 134 valence electrons. The van der Waals surface area contributed by atoms with Gasteiger partial charge in [0.1, 0.15) is 11.5 Å². The van der Waals surface area contributed by atoms with Crippen LogP contribution in [-0.2, 0) is 13.6 Å². The first-order chi connectivity index (χ1) is 12.4. The summed E-state index contributed by atoms with van der Waals surface area (Å²) in [6.07, 6.45) is 3.52. The largest absolute Gasteiger partial charge is 0.343 e. The Balaban J connectivity index is 2.13. The zero-order valence-electron chi connectivity index (χ0n) is 15.4. The smallest absolute Gasteiger partial charge is 0.273 e. The van der Waals surface area contributed by atoms with Gasteiger partial charge in [0, 0.05) is 51.2 Å². The molecule has 0 aliphatic heterocycles. The molecule has 26 heavy (non-hydrogen) atoms. The summed E-state index contributed by atoms with van der Waals surface area (Å²) in [6, 6.07) is 11.8. The molecule has 0 bridgehead atoms. The third-order valence-electron chi connectivity index (χ3n) is 4.22. The highest BCUT2D eigenvalue weighted by atomic mass is 16.2. The zero-order valence-corrected chi connectivity index (χ0v) is 15.4. The van der Waals surface area contributed by atoms with Gasteiger partial charge in [0.2, 0.25) is 0 Å². The molecule has 0 unspecified atom stereocenters. The highest BCUT2D eigenvalue weighted by Crippen LogP contribution is 2.21. The molecular weight excluding hydrogens is 328 g/mol. The van der Waals surface area contributed by atoms with Gasteiger partial charge < -0.3 is 14.0 Å². The van der Waals surface area contributed by atoms with Gasteiger partial charge in [-0.05, 0) is 18.6 Å². The van der Waals surface area contributed by atoms with Crippen LogP contribution in [0.3, 0.4) is 0 Å². The number of rotatable bonds is 4. The van der Waals surface area contributed by atoms with Crippen LogP contribution in [-0.4, -0.2) is 39.0 Å². The van der Waals surface area contributed by atoms with E-state index in [0.29, 0.717) is 23.6 Å². The predicted molar refractivity (Wildman–Crippen MR) is 101 cm³/mol. The fourth-order valence-electron chi connectivity index (χ4n) is 2.88. The quantitative estimate of drug-likeness (QED) is 0.725. The Labute approximate surface area is 152 Å². The van der Waals surface area contributed by atoms with E-state index < -0.39 is 0 Å². The first-order valence-electron chi connectivity index (χ1n) is 8.37. The number of hydrogen-bond acceptors (Lipinski definition) is 3. The minimum Gasteiger partial charge on any atom is -0.343 e. The monoisotopic (exact) mass is 350 g/mol. The molecule has 6 nitrogen and oxygen atoms in total. The lowest BCUT2D eigenvalue weighted by atomic mass is 10.2. The number of carbonyl (C=O) groups excluding carboxylic acids is 1. The van der Waals surface area contributed by atoms with E-state index >= 15 is 0 Å². The van der Waals surface area contributed by atoms with Gasteiger partial charge in [-0.3, -0.25) is 9.59 Å². The minimum atomic E-state index is -0.153. The highest BCUT2D eigenvalue weighted by molar-refractivity contribution is 5.92. The van der Waals surface area contributed by atoms with Gasteiger partial charge in [-0.15, -0.1) is 0 Å². The fourth-order valence-corrected chi connectivity index (χ4v) is 2.88. The standard InChI is InChI=1S/C20H22N4O2/c1-14-10-16(12-23(4)19(14)25)18-21-17(20(26)22(2)3)13-24(18)11-15-8-6-5-7-9-15/h5-10,12-13H,11H2,1-4H3. The third-order valence-corrected chi connectivity index (χ3v) is 4.22. The Hall–Kier alpha value is -3.15. The minimum absolute atomic E-state index is 0.0421. The number of amides is 1. The first-order valence-corrected chi connectivity index (χ1v) is 8.37. The van der Waals surface area contributed by atoms with Crippen molar-refractivity contribution in [1.82, 2.24) is 19.0 Å². The lowest BCUT2D eigenvalue weighted by molar-refractivity contribution is 0.0822. The maximum absolute atomic E-state index is 12.4. The molecule has 0 saturated heterocycles. The Kier molecular flexibility index (Phi) is 4.75. The Morgan fingerprint density at radius 3 is 2.46 bits per heavy atom. The summed E-state index contributed by atoms with van der Waals surface area (Å²) >= 11 is 0. The summed E-state index contributed by atoms with van der Waals surface area (Å²) in [4.78, 5) is 30.5. The second-order valence-electron chi connectivity index (χ2n) is 6.59. The van der Waals surface area contributed by atoms with Gasteiger partial charge >= 0.3 is 0 Å². The van der Waals surface area contributed by atoms with Gasteiger partial charge in [-0.2, -0.15) is 0 Å². The molecule has 1 aromatic carbocycles. The molecule has 3 rings (SSSR count). The van der Waals surface area contributed by atoms with Crippen molar-refractivity contribution in [3.63, 3.8) is 0 Å². The molecular formula is C20H22N4O2. The first kappa shape index (κ1) is 17.7. The Bertz CT molecular complexity index is 974. The van der Waals surface area contributed by atoms with Crippen molar-refractivity contribution in [1.29, 1.82) is 0 Å². The van der Waals surface area contributed by atoms with Crippen molar-refractivity contribution in [3.05, 3.63) is 76.0 Å². The molecule has 0 fully saturated rings. The van der Waals surface area contributed by atoms with Crippen LogP contribution in [0.1, 0.15) is 21.6 Å². The molecule has 6 heteroatoms. The van der Waals surface area contributed by atoms with E-state index in [9.17, 15) is 9.59 Å². The number of hydrogen-bond donors (Lipinski definition) is 0. The van der Waals surface area contributed by atoms with Crippen molar-refractivity contribution < 1.29 is 4.79 Å². The second-order valence-corrected chi connectivity index (χ2v) is 6.59. The molecule has 0 spiro atoms. The summed E-state index contributed by atoms with van der Waals surface area (Å²) in [7, 11) is 5.12. The van der Waals surface area contributed by atoms with E-state index in [1.165, 1.54) is 4.90 Å². The summed E-state index contributed by atoms with van der Waals surface area (Å²) in [5.74, 6) is 0.511. The van der Waals surface area contributed by atoms with Gasteiger partial charge in [-0.25, -0.2) is 4.98 Å². The van der Waals surface area contributed by atoms with Gasteiger partial charge in [0.05, 0.1) is 0 Å². The van der Waals surface area contributed by atoms with Crippen LogP contribution in [0.4, 0.5) is 0 Å². The number of benzene rings is 1. The molecule has 3 aromatic rings. The summed E-state index contributed by atoms with van der Waals surface area (Å²) < 4.78 is 3.49. The maximum atomic E-state index is 12.4. The number of imidazole rings is 1. The molecule has 2 aromatic heterocycles. The van der Waals surface area contributed by atoms with Crippen LogP contribution in [0.5, 0.6) is 0 Å². The molecule has 0 atom stereocenters. The second kappa shape index (κ2) is 7.00. The number of carbonyl (C=O) groups is 1. The van der Waals surface area contributed by atoms with Crippen LogP contribution >= 0.6 is 0 Å². The molecule has 1 amide bonds. The SMILES string of the molecule is Cc1cc(-c2nc(C(=O)N(C)C)cn2Cc2ccccc2)cn(C)c1=O. The molecule has 0 aliphatic carbocycles. The van der Waals surface area contributed by atoms with Crippen molar-refractivity contribution in [2.45, 2.75) is 13.5 Å². The van der Waals surface area contributed by atoms with Crippen LogP contribution in [0.15, 0.2) is 53.6 Å². The van der Waals surface area contributed by atoms with Crippen molar-refractivity contribution in [2.24, 2.45) is 7.05 Å². The average Bonchev–Trinajstić information content (AvgIpc) is 3.03. The summed E-state index contributed by atoms with van der Waals surface area (Å²) in [6.45, 7) is 2.37. The predicted octanol–water partition coefficient (Wildman–Crippen LogP) is 2.31. The van der Waals surface area contributed by atoms with Crippen molar-refractivity contribution in [3.8, 4) is 11.4 Å². The van der Waals surface area contributed by atoms with Gasteiger partial charge in [-0.1, -0.05) is 30.3 Å². The van der Waals surface area contributed by atoms with Crippen molar-refractivity contribution in [2.75, 3.05) is 14.1 Å². The molecule has 0 saturated carbocycles. The van der Waals surface area contributed by atoms with E-state index in [4.69, 9.17) is 0 Å². The number of aryl methyl sites for hydroxylation is 2. The Morgan fingerprint density at radius 1 is 1.15 bits per heavy atom. The topological polar surface area (TPSA) is 60.1 Å². The van der Waals surface area contributed by atoms with E-state index in [0.717, 1.165) is 11.1 Å². The van der Waals surface area contributed by atoms with Crippen LogP contribution < -0.4 is 5.56 Å². The van der Waals surface area contributed by atoms with E-state index in [-0.39, 0.29) is 11.5 Å². The third kappa shape index (κ3) is 3.44.